The van der Waals surface area contributed by atoms with E-state index in [0.717, 1.165) is 12.2 Å². The van der Waals surface area contributed by atoms with Gasteiger partial charge in [0.15, 0.2) is 0 Å². The smallest absolute Gasteiger partial charge is 0.254 e. The van der Waals surface area contributed by atoms with Crippen molar-refractivity contribution in [1.29, 1.82) is 0 Å². The maximum atomic E-state index is 12.7. The van der Waals surface area contributed by atoms with Crippen molar-refractivity contribution >= 4 is 5.91 Å². The summed E-state index contributed by atoms with van der Waals surface area (Å²) in [5, 5.41) is 13.9. The molecule has 0 spiro atoms. The van der Waals surface area contributed by atoms with Gasteiger partial charge < -0.3 is 14.9 Å². The summed E-state index contributed by atoms with van der Waals surface area (Å²) in [6.45, 7) is 1.97. The van der Waals surface area contributed by atoms with E-state index in [0.29, 0.717) is 18.7 Å². The van der Waals surface area contributed by atoms with Gasteiger partial charge in [-0.2, -0.15) is 5.10 Å². The Bertz CT molecular complexity index is 680. The molecule has 1 aromatic carbocycles. The highest BCUT2D eigenvalue weighted by Gasteiger charge is 2.29. The third-order valence-corrected chi connectivity index (χ3v) is 3.84. The molecule has 3 rings (SSSR count). The minimum atomic E-state index is -0.0629. The molecule has 1 aliphatic rings. The molecule has 6 heteroatoms. The summed E-state index contributed by atoms with van der Waals surface area (Å²) in [5.74, 6) is 0.0462. The molecule has 0 aliphatic carbocycles. The van der Waals surface area contributed by atoms with Crippen molar-refractivity contribution in [2.45, 2.75) is 12.6 Å². The number of carbonyl (C=O) groups is 1. The van der Waals surface area contributed by atoms with Crippen molar-refractivity contribution in [2.75, 3.05) is 27.2 Å². The Hall–Kier alpha value is -2.34. The zero-order valence-corrected chi connectivity index (χ0v) is 12.8. The summed E-state index contributed by atoms with van der Waals surface area (Å²) in [7, 11) is 4.03. The second-order valence-electron chi connectivity index (χ2n) is 5.92. The van der Waals surface area contributed by atoms with Gasteiger partial charge in [0, 0.05) is 24.8 Å². The first-order valence-electron chi connectivity index (χ1n) is 7.30. The van der Waals surface area contributed by atoms with E-state index in [1.807, 2.05) is 29.7 Å². The molecule has 0 saturated carbocycles. The maximum absolute atomic E-state index is 12.7. The zero-order valence-electron chi connectivity index (χ0n) is 12.8. The van der Waals surface area contributed by atoms with Crippen LogP contribution in [0.1, 0.15) is 22.1 Å². The van der Waals surface area contributed by atoms with E-state index in [4.69, 9.17) is 0 Å². The second-order valence-corrected chi connectivity index (χ2v) is 5.92. The number of benzene rings is 1. The first-order chi connectivity index (χ1) is 10.5. The Balaban J connectivity index is 1.85. The summed E-state index contributed by atoms with van der Waals surface area (Å²) in [4.78, 5) is 16.6. The van der Waals surface area contributed by atoms with E-state index in [1.165, 1.54) is 6.07 Å². The normalized spacial score (nSPS) is 17.6. The van der Waals surface area contributed by atoms with E-state index in [2.05, 4.69) is 10.00 Å². The van der Waals surface area contributed by atoms with E-state index in [1.54, 1.807) is 24.4 Å². The largest absolute Gasteiger partial charge is 0.508 e. The fourth-order valence-electron chi connectivity index (χ4n) is 2.92. The third kappa shape index (κ3) is 2.82. The fraction of sp³-hybridized carbons (Fsp3) is 0.375. The number of phenolic OH excluding ortho intramolecular Hbond substituents is 1. The highest BCUT2D eigenvalue weighted by molar-refractivity contribution is 5.94. The average molecular weight is 300 g/mol. The van der Waals surface area contributed by atoms with Gasteiger partial charge in [-0.25, -0.2) is 0 Å². The van der Waals surface area contributed by atoms with Crippen molar-refractivity contribution in [3.8, 4) is 5.75 Å². The first-order valence-corrected chi connectivity index (χ1v) is 7.30. The summed E-state index contributed by atoms with van der Waals surface area (Å²) in [5.41, 5.74) is 1.54. The molecule has 1 amide bonds. The number of carbonyl (C=O) groups excluding carboxylic acids is 1. The molecule has 1 atom stereocenters. The lowest BCUT2D eigenvalue weighted by atomic mass is 10.1. The van der Waals surface area contributed by atoms with Gasteiger partial charge in [-0.1, -0.05) is 6.07 Å². The standard InChI is InChI=1S/C16H20N4O2/c1-18(2)9-14-11-19(10-13-6-7-17-20(13)14)16(22)12-4-3-5-15(21)8-12/h3-8,14,21H,9-11H2,1-2H3/t14-/m0/s1. The van der Waals surface area contributed by atoms with Gasteiger partial charge in [-0.15, -0.1) is 0 Å². The van der Waals surface area contributed by atoms with Gasteiger partial charge >= 0.3 is 0 Å². The maximum Gasteiger partial charge on any atom is 0.254 e. The summed E-state index contributed by atoms with van der Waals surface area (Å²) < 4.78 is 2.01. The third-order valence-electron chi connectivity index (χ3n) is 3.84. The monoisotopic (exact) mass is 300 g/mol. The van der Waals surface area contributed by atoms with Crippen LogP contribution in [-0.4, -0.2) is 57.8 Å². The number of amides is 1. The SMILES string of the molecule is CN(C)C[C@H]1CN(C(=O)c2cccc(O)c2)Cc2ccnn21. The number of likely N-dealkylation sites (N-methyl/N-ethyl adjacent to an activating group) is 1. The molecule has 22 heavy (non-hydrogen) atoms. The Morgan fingerprint density at radius 2 is 2.23 bits per heavy atom. The van der Waals surface area contributed by atoms with E-state index in [9.17, 15) is 9.90 Å². The van der Waals surface area contributed by atoms with Crippen molar-refractivity contribution in [1.82, 2.24) is 19.6 Å². The highest BCUT2D eigenvalue weighted by atomic mass is 16.3. The van der Waals surface area contributed by atoms with Crippen LogP contribution in [0.2, 0.25) is 0 Å². The van der Waals surface area contributed by atoms with Crippen LogP contribution in [0, 0.1) is 0 Å². The molecule has 1 aromatic heterocycles. The van der Waals surface area contributed by atoms with Crippen molar-refractivity contribution in [2.24, 2.45) is 0 Å². The molecular weight excluding hydrogens is 280 g/mol. The average Bonchev–Trinajstić information content (AvgIpc) is 2.94. The van der Waals surface area contributed by atoms with Gasteiger partial charge in [0.1, 0.15) is 5.75 Å². The number of hydrogen-bond donors (Lipinski definition) is 1. The van der Waals surface area contributed by atoms with Gasteiger partial charge in [-0.3, -0.25) is 9.48 Å². The number of rotatable bonds is 3. The lowest BCUT2D eigenvalue weighted by Gasteiger charge is -2.35. The molecular formula is C16H20N4O2. The Morgan fingerprint density at radius 1 is 1.41 bits per heavy atom. The minimum absolute atomic E-state index is 0.0629. The van der Waals surface area contributed by atoms with Gasteiger partial charge in [0.25, 0.3) is 5.91 Å². The van der Waals surface area contributed by atoms with Crippen LogP contribution < -0.4 is 0 Å². The Labute approximate surface area is 129 Å². The highest BCUT2D eigenvalue weighted by Crippen LogP contribution is 2.23. The first kappa shape index (κ1) is 14.6. The minimum Gasteiger partial charge on any atom is -0.508 e. The van der Waals surface area contributed by atoms with Crippen molar-refractivity contribution in [3.05, 3.63) is 47.8 Å². The van der Waals surface area contributed by atoms with Gasteiger partial charge in [-0.05, 0) is 38.4 Å². The molecule has 0 bridgehead atoms. The van der Waals surface area contributed by atoms with Crippen LogP contribution in [0.5, 0.6) is 5.75 Å². The predicted octanol–water partition coefficient (Wildman–Crippen LogP) is 1.35. The number of aromatic hydroxyl groups is 1. The zero-order chi connectivity index (χ0) is 15.7. The van der Waals surface area contributed by atoms with E-state index >= 15 is 0 Å². The molecule has 0 saturated heterocycles. The lowest BCUT2D eigenvalue weighted by Crippen LogP contribution is -2.44. The van der Waals surface area contributed by atoms with Crippen LogP contribution in [0.3, 0.4) is 0 Å². The topological polar surface area (TPSA) is 61.6 Å². The summed E-state index contributed by atoms with van der Waals surface area (Å²) >= 11 is 0. The van der Waals surface area contributed by atoms with E-state index < -0.39 is 0 Å². The molecule has 0 fully saturated rings. The predicted molar refractivity (Wildman–Crippen MR) is 82.7 cm³/mol. The molecule has 1 aliphatic heterocycles. The number of fused-ring (bicyclic) bond motifs is 1. The van der Waals surface area contributed by atoms with Crippen LogP contribution in [0.4, 0.5) is 0 Å². The number of phenols is 1. The quantitative estimate of drug-likeness (QED) is 0.929. The number of hydrogen-bond acceptors (Lipinski definition) is 4. The second kappa shape index (κ2) is 5.81. The van der Waals surface area contributed by atoms with Crippen LogP contribution >= 0.6 is 0 Å². The van der Waals surface area contributed by atoms with Crippen molar-refractivity contribution in [3.63, 3.8) is 0 Å². The van der Waals surface area contributed by atoms with Crippen LogP contribution in [-0.2, 0) is 6.54 Å². The summed E-state index contributed by atoms with van der Waals surface area (Å²) in [6.07, 6.45) is 1.78. The molecule has 6 nitrogen and oxygen atoms in total. The molecule has 0 unspecified atom stereocenters. The summed E-state index contributed by atoms with van der Waals surface area (Å²) in [6, 6.07) is 8.58. The Kier molecular flexibility index (Phi) is 3.85. The van der Waals surface area contributed by atoms with Crippen LogP contribution in [0.25, 0.3) is 0 Å². The van der Waals surface area contributed by atoms with Gasteiger partial charge in [0.2, 0.25) is 0 Å². The van der Waals surface area contributed by atoms with Crippen LogP contribution in [0.15, 0.2) is 36.5 Å². The molecule has 0 radical (unpaired) electrons. The fourth-order valence-corrected chi connectivity index (χ4v) is 2.92. The molecule has 2 aromatic rings. The Morgan fingerprint density at radius 3 is 2.95 bits per heavy atom. The lowest BCUT2D eigenvalue weighted by molar-refractivity contribution is 0.0652. The molecule has 2 heterocycles. The van der Waals surface area contributed by atoms with Crippen molar-refractivity contribution < 1.29 is 9.90 Å². The van der Waals surface area contributed by atoms with Gasteiger partial charge in [0.05, 0.1) is 18.3 Å². The number of aromatic nitrogens is 2. The van der Waals surface area contributed by atoms with E-state index in [-0.39, 0.29) is 17.7 Å². The molecule has 1 N–H and O–H groups in total. The molecule has 116 valence electrons. The number of nitrogens with zero attached hydrogens (tertiary/aromatic N) is 4.